The SMILES string of the molecule is COc1cccc2[nH]c(C(=O)NN)cc12. The number of fused-ring (bicyclic) bond motifs is 1. The van der Waals surface area contributed by atoms with Crippen LogP contribution in [-0.4, -0.2) is 18.0 Å². The number of aromatic nitrogens is 1. The third-order valence-electron chi connectivity index (χ3n) is 2.22. The van der Waals surface area contributed by atoms with E-state index in [9.17, 15) is 4.79 Å². The molecule has 0 aliphatic rings. The van der Waals surface area contributed by atoms with Crippen molar-refractivity contribution in [1.82, 2.24) is 10.4 Å². The maximum absolute atomic E-state index is 11.3. The first kappa shape index (κ1) is 9.54. The fraction of sp³-hybridized carbons (Fsp3) is 0.100. The highest BCUT2D eigenvalue weighted by atomic mass is 16.5. The molecule has 0 atom stereocenters. The highest BCUT2D eigenvalue weighted by molar-refractivity contribution is 5.99. The number of amides is 1. The molecule has 0 radical (unpaired) electrons. The van der Waals surface area contributed by atoms with Crippen molar-refractivity contribution in [3.8, 4) is 5.75 Å². The van der Waals surface area contributed by atoms with E-state index in [1.165, 1.54) is 0 Å². The standard InChI is InChI=1S/C10H11N3O2/c1-15-9-4-2-3-7-6(9)5-8(12-7)10(14)13-11/h2-5,12H,11H2,1H3,(H,13,14). The molecule has 1 aromatic carbocycles. The van der Waals surface area contributed by atoms with Gasteiger partial charge in [0.25, 0.3) is 5.91 Å². The lowest BCUT2D eigenvalue weighted by molar-refractivity contribution is 0.0949. The number of hydrogen-bond acceptors (Lipinski definition) is 3. The van der Waals surface area contributed by atoms with E-state index in [1.54, 1.807) is 13.2 Å². The molecule has 78 valence electrons. The summed E-state index contributed by atoms with van der Waals surface area (Å²) in [5.74, 6) is 5.41. The van der Waals surface area contributed by atoms with Crippen LogP contribution in [0.1, 0.15) is 10.5 Å². The maximum Gasteiger partial charge on any atom is 0.281 e. The zero-order valence-electron chi connectivity index (χ0n) is 8.20. The van der Waals surface area contributed by atoms with Crippen molar-refractivity contribution >= 4 is 16.8 Å². The normalized spacial score (nSPS) is 10.3. The van der Waals surface area contributed by atoms with Crippen molar-refractivity contribution in [2.45, 2.75) is 0 Å². The van der Waals surface area contributed by atoms with Crippen LogP contribution in [0.2, 0.25) is 0 Å². The summed E-state index contributed by atoms with van der Waals surface area (Å²) >= 11 is 0. The molecule has 1 amide bonds. The van der Waals surface area contributed by atoms with Crippen LogP contribution in [-0.2, 0) is 0 Å². The molecular formula is C10H11N3O2. The van der Waals surface area contributed by atoms with Gasteiger partial charge in [-0.1, -0.05) is 6.07 Å². The van der Waals surface area contributed by atoms with Gasteiger partial charge >= 0.3 is 0 Å². The molecule has 4 N–H and O–H groups in total. The Bertz CT molecular complexity index is 504. The molecule has 5 heteroatoms. The quantitative estimate of drug-likeness (QED) is 0.385. The molecule has 0 saturated carbocycles. The minimum atomic E-state index is -0.353. The summed E-state index contributed by atoms with van der Waals surface area (Å²) in [6.45, 7) is 0. The molecule has 0 bridgehead atoms. The second kappa shape index (κ2) is 3.62. The fourth-order valence-electron chi connectivity index (χ4n) is 1.51. The first-order chi connectivity index (χ1) is 7.26. The number of carbonyl (C=O) groups is 1. The molecule has 15 heavy (non-hydrogen) atoms. The Kier molecular flexibility index (Phi) is 2.31. The number of hydrogen-bond donors (Lipinski definition) is 3. The van der Waals surface area contributed by atoms with Gasteiger partial charge in [0.1, 0.15) is 11.4 Å². The third kappa shape index (κ3) is 1.53. The summed E-state index contributed by atoms with van der Waals surface area (Å²) in [5.41, 5.74) is 3.32. The number of hydrazine groups is 1. The van der Waals surface area contributed by atoms with E-state index in [4.69, 9.17) is 10.6 Å². The van der Waals surface area contributed by atoms with Gasteiger partial charge < -0.3 is 9.72 Å². The summed E-state index contributed by atoms with van der Waals surface area (Å²) in [6, 6.07) is 7.25. The largest absolute Gasteiger partial charge is 0.496 e. The lowest BCUT2D eigenvalue weighted by Gasteiger charge is -1.99. The minimum absolute atomic E-state index is 0.353. The third-order valence-corrected chi connectivity index (χ3v) is 2.22. The lowest BCUT2D eigenvalue weighted by Crippen LogP contribution is -2.30. The van der Waals surface area contributed by atoms with Gasteiger partial charge in [-0.15, -0.1) is 0 Å². The zero-order valence-corrected chi connectivity index (χ0v) is 8.20. The van der Waals surface area contributed by atoms with E-state index in [2.05, 4.69) is 10.4 Å². The van der Waals surface area contributed by atoms with Crippen molar-refractivity contribution < 1.29 is 9.53 Å². The van der Waals surface area contributed by atoms with Crippen LogP contribution in [0.25, 0.3) is 10.9 Å². The first-order valence-electron chi connectivity index (χ1n) is 4.43. The Balaban J connectivity index is 2.60. The molecule has 0 fully saturated rings. The van der Waals surface area contributed by atoms with Crippen molar-refractivity contribution in [3.63, 3.8) is 0 Å². The van der Waals surface area contributed by atoms with Crippen LogP contribution in [0.3, 0.4) is 0 Å². The van der Waals surface area contributed by atoms with Gasteiger partial charge in [0, 0.05) is 10.9 Å². The number of benzene rings is 1. The summed E-state index contributed by atoms with van der Waals surface area (Å²) in [6.07, 6.45) is 0. The number of ether oxygens (including phenoxy) is 1. The lowest BCUT2D eigenvalue weighted by atomic mass is 10.2. The molecular weight excluding hydrogens is 194 g/mol. The number of aromatic amines is 1. The number of nitrogen functional groups attached to an aromatic ring is 1. The fourth-order valence-corrected chi connectivity index (χ4v) is 1.51. The Hall–Kier alpha value is -2.01. The highest BCUT2D eigenvalue weighted by Gasteiger charge is 2.10. The maximum atomic E-state index is 11.3. The molecule has 2 aromatic rings. The van der Waals surface area contributed by atoms with Crippen LogP contribution < -0.4 is 16.0 Å². The number of rotatable bonds is 2. The van der Waals surface area contributed by atoms with Gasteiger partial charge in [-0.3, -0.25) is 10.2 Å². The van der Waals surface area contributed by atoms with Gasteiger partial charge in [0.05, 0.1) is 7.11 Å². The Morgan fingerprint density at radius 3 is 3.00 bits per heavy atom. The van der Waals surface area contributed by atoms with Crippen LogP contribution in [0, 0.1) is 0 Å². The molecule has 0 aliphatic carbocycles. The predicted octanol–water partition coefficient (Wildman–Crippen LogP) is 0.780. The smallest absolute Gasteiger partial charge is 0.281 e. The van der Waals surface area contributed by atoms with Crippen LogP contribution in [0.5, 0.6) is 5.75 Å². The summed E-state index contributed by atoms with van der Waals surface area (Å²) in [5, 5.41) is 0.860. The number of methoxy groups -OCH3 is 1. The Morgan fingerprint density at radius 1 is 1.53 bits per heavy atom. The Labute approximate surface area is 86.2 Å². The van der Waals surface area contributed by atoms with Crippen LogP contribution in [0.15, 0.2) is 24.3 Å². The molecule has 0 unspecified atom stereocenters. The topological polar surface area (TPSA) is 80.1 Å². The van der Waals surface area contributed by atoms with E-state index in [0.29, 0.717) is 5.69 Å². The van der Waals surface area contributed by atoms with Gasteiger partial charge in [-0.05, 0) is 18.2 Å². The molecule has 1 aromatic heterocycles. The van der Waals surface area contributed by atoms with E-state index < -0.39 is 0 Å². The molecule has 0 aliphatic heterocycles. The summed E-state index contributed by atoms with van der Waals surface area (Å²) < 4.78 is 5.17. The molecule has 1 heterocycles. The van der Waals surface area contributed by atoms with Crippen LogP contribution in [0.4, 0.5) is 0 Å². The molecule has 5 nitrogen and oxygen atoms in total. The first-order valence-corrected chi connectivity index (χ1v) is 4.43. The molecule has 0 spiro atoms. The van der Waals surface area contributed by atoms with Crippen molar-refractivity contribution in [2.75, 3.05) is 7.11 Å². The zero-order chi connectivity index (χ0) is 10.8. The van der Waals surface area contributed by atoms with Gasteiger partial charge in [0.15, 0.2) is 0 Å². The van der Waals surface area contributed by atoms with E-state index in [0.717, 1.165) is 16.7 Å². The average molecular weight is 205 g/mol. The second-order valence-electron chi connectivity index (χ2n) is 3.08. The van der Waals surface area contributed by atoms with E-state index in [1.807, 2.05) is 18.2 Å². The van der Waals surface area contributed by atoms with Crippen LogP contribution >= 0.6 is 0 Å². The van der Waals surface area contributed by atoms with Gasteiger partial charge in [-0.2, -0.15) is 0 Å². The summed E-state index contributed by atoms with van der Waals surface area (Å²) in [4.78, 5) is 14.2. The van der Waals surface area contributed by atoms with Gasteiger partial charge in [0.2, 0.25) is 0 Å². The van der Waals surface area contributed by atoms with Crippen molar-refractivity contribution in [2.24, 2.45) is 5.84 Å². The molecule has 0 saturated heterocycles. The van der Waals surface area contributed by atoms with Crippen molar-refractivity contribution in [3.05, 3.63) is 30.0 Å². The van der Waals surface area contributed by atoms with E-state index >= 15 is 0 Å². The summed E-state index contributed by atoms with van der Waals surface area (Å²) in [7, 11) is 1.59. The van der Waals surface area contributed by atoms with E-state index in [-0.39, 0.29) is 5.91 Å². The van der Waals surface area contributed by atoms with Crippen molar-refractivity contribution in [1.29, 1.82) is 0 Å². The number of nitrogens with one attached hydrogen (secondary N) is 2. The average Bonchev–Trinajstić information content (AvgIpc) is 2.71. The number of carbonyl (C=O) groups excluding carboxylic acids is 1. The highest BCUT2D eigenvalue weighted by Crippen LogP contribution is 2.25. The number of H-pyrrole nitrogens is 1. The second-order valence-corrected chi connectivity index (χ2v) is 3.08. The monoisotopic (exact) mass is 205 g/mol. The molecule has 2 rings (SSSR count). The van der Waals surface area contributed by atoms with Gasteiger partial charge in [-0.25, -0.2) is 5.84 Å². The minimum Gasteiger partial charge on any atom is -0.496 e. The number of nitrogens with two attached hydrogens (primary N) is 1. The predicted molar refractivity (Wildman–Crippen MR) is 56.5 cm³/mol. The Morgan fingerprint density at radius 2 is 2.33 bits per heavy atom.